The van der Waals surface area contributed by atoms with Crippen molar-refractivity contribution in [2.75, 3.05) is 39.3 Å². The van der Waals surface area contributed by atoms with E-state index < -0.39 is 0 Å². The molecule has 0 radical (unpaired) electrons. The van der Waals surface area contributed by atoms with Gasteiger partial charge < -0.3 is 4.74 Å². The number of hydrogen-bond acceptors (Lipinski definition) is 3. The van der Waals surface area contributed by atoms with Crippen LogP contribution in [-0.2, 0) is 4.74 Å². The largest absolute Gasteiger partial charge is 0.371 e. The smallest absolute Gasteiger partial charge is 0.109 e. The van der Waals surface area contributed by atoms with Gasteiger partial charge in [0, 0.05) is 32.3 Å². The van der Waals surface area contributed by atoms with Gasteiger partial charge in [0.05, 0.1) is 0 Å². The van der Waals surface area contributed by atoms with Crippen LogP contribution in [-0.4, -0.2) is 60.8 Å². The highest BCUT2D eigenvalue weighted by atomic mass is 16.5. The average Bonchev–Trinajstić information content (AvgIpc) is 2.66. The molecule has 3 nitrogen and oxygen atoms in total. The molecule has 0 aromatic carbocycles. The van der Waals surface area contributed by atoms with Gasteiger partial charge in [-0.1, -0.05) is 20.8 Å². The Kier molecular flexibility index (Phi) is 3.20. The van der Waals surface area contributed by atoms with Gasteiger partial charge in [-0.2, -0.15) is 0 Å². The minimum Gasteiger partial charge on any atom is -0.371 e. The van der Waals surface area contributed by atoms with Crippen LogP contribution in [0.25, 0.3) is 0 Å². The average molecular weight is 252 g/mol. The van der Waals surface area contributed by atoms with Gasteiger partial charge >= 0.3 is 0 Å². The maximum Gasteiger partial charge on any atom is 0.109 e. The standard InChI is InChI=1S/C15H28N2O/c1-4-16-11-15(12-16)13(6-5-9-18-15)17-8-7-14(2,3)10-17/h13H,4-12H2,1-3H3. The van der Waals surface area contributed by atoms with Gasteiger partial charge in [-0.25, -0.2) is 0 Å². The number of rotatable bonds is 2. The summed E-state index contributed by atoms with van der Waals surface area (Å²) >= 11 is 0. The molecular formula is C15H28N2O. The van der Waals surface area contributed by atoms with Crippen LogP contribution >= 0.6 is 0 Å². The van der Waals surface area contributed by atoms with E-state index in [1.54, 1.807) is 0 Å². The maximum atomic E-state index is 6.24. The fraction of sp³-hybridized carbons (Fsp3) is 1.00. The summed E-state index contributed by atoms with van der Waals surface area (Å²) in [6.07, 6.45) is 3.93. The van der Waals surface area contributed by atoms with Crippen molar-refractivity contribution >= 4 is 0 Å². The van der Waals surface area contributed by atoms with Crippen molar-refractivity contribution in [1.82, 2.24) is 9.80 Å². The zero-order chi connectivity index (χ0) is 12.8. The lowest BCUT2D eigenvalue weighted by Crippen LogP contribution is -2.73. The molecule has 104 valence electrons. The minimum absolute atomic E-state index is 0.175. The van der Waals surface area contributed by atoms with E-state index in [1.165, 1.54) is 38.9 Å². The Morgan fingerprint density at radius 1 is 1.22 bits per heavy atom. The van der Waals surface area contributed by atoms with E-state index in [4.69, 9.17) is 4.74 Å². The van der Waals surface area contributed by atoms with Gasteiger partial charge in [-0.05, 0) is 37.8 Å². The van der Waals surface area contributed by atoms with Crippen LogP contribution in [0.3, 0.4) is 0 Å². The van der Waals surface area contributed by atoms with Crippen LogP contribution in [0.4, 0.5) is 0 Å². The third-order valence-electron chi connectivity index (χ3n) is 5.20. The molecule has 1 unspecified atom stereocenters. The highest BCUT2D eigenvalue weighted by Gasteiger charge is 2.53. The van der Waals surface area contributed by atoms with Crippen LogP contribution in [0, 0.1) is 5.41 Å². The minimum atomic E-state index is 0.175. The number of nitrogens with zero attached hydrogens (tertiary/aromatic N) is 2. The molecule has 0 aliphatic carbocycles. The van der Waals surface area contributed by atoms with E-state index in [0.29, 0.717) is 11.5 Å². The molecule has 1 spiro atoms. The SMILES string of the molecule is CCN1CC2(C1)OCCCC2N1CCC(C)(C)C1. The summed E-state index contributed by atoms with van der Waals surface area (Å²) in [6, 6.07) is 0.677. The summed E-state index contributed by atoms with van der Waals surface area (Å²) < 4.78 is 6.24. The van der Waals surface area contributed by atoms with E-state index in [9.17, 15) is 0 Å². The van der Waals surface area contributed by atoms with E-state index in [0.717, 1.165) is 19.7 Å². The summed E-state index contributed by atoms with van der Waals surface area (Å²) in [7, 11) is 0. The second kappa shape index (κ2) is 4.46. The van der Waals surface area contributed by atoms with E-state index in [1.807, 2.05) is 0 Å². The number of ether oxygens (including phenoxy) is 1. The molecule has 3 heteroatoms. The van der Waals surface area contributed by atoms with Crippen molar-refractivity contribution in [3.63, 3.8) is 0 Å². The molecule has 3 saturated heterocycles. The summed E-state index contributed by atoms with van der Waals surface area (Å²) in [4.78, 5) is 5.24. The second-order valence-corrected chi connectivity index (χ2v) is 7.26. The summed E-state index contributed by atoms with van der Waals surface area (Å²) in [5.74, 6) is 0. The fourth-order valence-corrected chi connectivity index (χ4v) is 4.08. The molecule has 1 atom stereocenters. The molecular weight excluding hydrogens is 224 g/mol. The third kappa shape index (κ3) is 2.10. The summed E-state index contributed by atoms with van der Waals surface area (Å²) in [5.41, 5.74) is 0.682. The highest BCUT2D eigenvalue weighted by molar-refractivity contribution is 5.08. The van der Waals surface area contributed by atoms with Gasteiger partial charge in [0.25, 0.3) is 0 Å². The number of hydrogen-bond donors (Lipinski definition) is 0. The van der Waals surface area contributed by atoms with Crippen molar-refractivity contribution < 1.29 is 4.74 Å². The molecule has 0 aromatic heterocycles. The van der Waals surface area contributed by atoms with Gasteiger partial charge in [0.15, 0.2) is 0 Å². The molecule has 0 saturated carbocycles. The van der Waals surface area contributed by atoms with Crippen LogP contribution < -0.4 is 0 Å². The molecule has 3 fully saturated rings. The Balaban J connectivity index is 1.70. The van der Waals surface area contributed by atoms with Gasteiger partial charge in [-0.15, -0.1) is 0 Å². The Labute approximate surface area is 111 Å². The van der Waals surface area contributed by atoms with Crippen LogP contribution in [0.2, 0.25) is 0 Å². The molecule has 18 heavy (non-hydrogen) atoms. The molecule has 0 bridgehead atoms. The summed E-state index contributed by atoms with van der Waals surface area (Å²) in [6.45, 7) is 14.1. The van der Waals surface area contributed by atoms with Crippen molar-refractivity contribution in [3.8, 4) is 0 Å². The molecule has 0 aromatic rings. The fourth-order valence-electron chi connectivity index (χ4n) is 4.08. The first-order valence-electron chi connectivity index (χ1n) is 7.65. The van der Waals surface area contributed by atoms with Crippen molar-refractivity contribution in [3.05, 3.63) is 0 Å². The van der Waals surface area contributed by atoms with Gasteiger partial charge in [0.2, 0.25) is 0 Å². The molecule has 0 amide bonds. The zero-order valence-electron chi connectivity index (χ0n) is 12.2. The highest BCUT2D eigenvalue weighted by Crippen LogP contribution is 2.41. The first kappa shape index (κ1) is 12.9. The summed E-state index contributed by atoms with van der Waals surface area (Å²) in [5, 5.41) is 0. The number of likely N-dealkylation sites (N-methyl/N-ethyl adjacent to an activating group) is 1. The van der Waals surface area contributed by atoms with Crippen LogP contribution in [0.5, 0.6) is 0 Å². The van der Waals surface area contributed by atoms with E-state index in [-0.39, 0.29) is 5.60 Å². The maximum absolute atomic E-state index is 6.24. The first-order chi connectivity index (χ1) is 8.55. The van der Waals surface area contributed by atoms with Crippen LogP contribution in [0.1, 0.15) is 40.0 Å². The monoisotopic (exact) mass is 252 g/mol. The predicted molar refractivity (Wildman–Crippen MR) is 73.8 cm³/mol. The third-order valence-corrected chi connectivity index (χ3v) is 5.20. The Bertz CT molecular complexity index is 310. The van der Waals surface area contributed by atoms with Gasteiger partial charge in [-0.3, -0.25) is 9.80 Å². The molecule has 3 rings (SSSR count). The Morgan fingerprint density at radius 2 is 2.00 bits per heavy atom. The quantitative estimate of drug-likeness (QED) is 0.747. The topological polar surface area (TPSA) is 15.7 Å². The second-order valence-electron chi connectivity index (χ2n) is 7.26. The lowest BCUT2D eigenvalue weighted by atomic mass is 9.80. The lowest BCUT2D eigenvalue weighted by Gasteiger charge is -2.57. The molecule has 3 heterocycles. The molecule has 0 N–H and O–H groups in total. The first-order valence-corrected chi connectivity index (χ1v) is 7.65. The molecule has 3 aliphatic rings. The normalized spacial score (nSPS) is 35.8. The Hall–Kier alpha value is -0.120. The van der Waals surface area contributed by atoms with Crippen molar-refractivity contribution in [2.24, 2.45) is 5.41 Å². The Morgan fingerprint density at radius 3 is 2.61 bits per heavy atom. The van der Waals surface area contributed by atoms with Crippen molar-refractivity contribution in [2.45, 2.75) is 51.7 Å². The molecule has 3 aliphatic heterocycles. The van der Waals surface area contributed by atoms with Gasteiger partial charge in [0.1, 0.15) is 5.60 Å². The predicted octanol–water partition coefficient (Wildman–Crippen LogP) is 1.97. The lowest BCUT2D eigenvalue weighted by molar-refractivity contribution is -0.201. The van der Waals surface area contributed by atoms with E-state index in [2.05, 4.69) is 30.6 Å². The van der Waals surface area contributed by atoms with Crippen molar-refractivity contribution in [1.29, 1.82) is 0 Å². The van der Waals surface area contributed by atoms with Crippen LogP contribution in [0.15, 0.2) is 0 Å². The van der Waals surface area contributed by atoms with E-state index >= 15 is 0 Å². The number of likely N-dealkylation sites (tertiary alicyclic amines) is 2. The zero-order valence-corrected chi connectivity index (χ0v) is 12.2.